The standard InChI is InChI=1S/C13H17N3O2S2/c1-4-12-14-10(7-20-12)6-19-9(3)13(17)15-11-5-8(2)16-18-11/h5,7,9H,4,6H2,1-3H3,(H,15,17)/t9-/m0/s1. The molecule has 0 aliphatic heterocycles. The van der Waals surface area contributed by atoms with Gasteiger partial charge in [0.05, 0.1) is 21.6 Å². The van der Waals surface area contributed by atoms with Crippen LogP contribution in [0.4, 0.5) is 5.88 Å². The van der Waals surface area contributed by atoms with Gasteiger partial charge in [-0.1, -0.05) is 12.1 Å². The molecule has 1 atom stereocenters. The quantitative estimate of drug-likeness (QED) is 0.887. The second kappa shape index (κ2) is 6.90. The van der Waals surface area contributed by atoms with E-state index in [-0.39, 0.29) is 11.2 Å². The van der Waals surface area contributed by atoms with E-state index < -0.39 is 0 Å². The highest BCUT2D eigenvalue weighted by Gasteiger charge is 2.16. The van der Waals surface area contributed by atoms with Crippen LogP contribution in [0.5, 0.6) is 0 Å². The molecule has 7 heteroatoms. The minimum atomic E-state index is -0.174. The number of hydrogen-bond donors (Lipinski definition) is 1. The third-order valence-corrected chi connectivity index (χ3v) is 4.85. The van der Waals surface area contributed by atoms with Gasteiger partial charge in [0.1, 0.15) is 0 Å². The van der Waals surface area contributed by atoms with Gasteiger partial charge < -0.3 is 4.52 Å². The van der Waals surface area contributed by atoms with E-state index in [2.05, 4.69) is 27.8 Å². The van der Waals surface area contributed by atoms with E-state index in [1.807, 2.05) is 13.8 Å². The lowest BCUT2D eigenvalue weighted by Gasteiger charge is -2.08. The van der Waals surface area contributed by atoms with Crippen LogP contribution in [0.1, 0.15) is 30.2 Å². The van der Waals surface area contributed by atoms with Gasteiger partial charge in [-0.3, -0.25) is 10.1 Å². The molecule has 1 amide bonds. The van der Waals surface area contributed by atoms with Crippen LogP contribution >= 0.6 is 23.1 Å². The Morgan fingerprint density at radius 3 is 3.00 bits per heavy atom. The molecule has 108 valence electrons. The Hall–Kier alpha value is -1.34. The Bertz CT molecular complexity index is 580. The van der Waals surface area contributed by atoms with E-state index in [0.29, 0.717) is 5.88 Å². The number of carbonyl (C=O) groups is 1. The van der Waals surface area contributed by atoms with Gasteiger partial charge in [0, 0.05) is 17.2 Å². The molecule has 5 nitrogen and oxygen atoms in total. The zero-order chi connectivity index (χ0) is 14.5. The Morgan fingerprint density at radius 1 is 1.60 bits per heavy atom. The molecule has 0 aromatic carbocycles. The third kappa shape index (κ3) is 4.08. The van der Waals surface area contributed by atoms with E-state index in [1.54, 1.807) is 29.2 Å². The van der Waals surface area contributed by atoms with Crippen LogP contribution in [0.15, 0.2) is 16.0 Å². The van der Waals surface area contributed by atoms with Crippen LogP contribution < -0.4 is 5.32 Å². The van der Waals surface area contributed by atoms with Crippen molar-refractivity contribution in [2.45, 2.75) is 38.2 Å². The van der Waals surface area contributed by atoms with E-state index in [9.17, 15) is 4.79 Å². The van der Waals surface area contributed by atoms with Crippen molar-refractivity contribution in [2.24, 2.45) is 0 Å². The van der Waals surface area contributed by atoms with Crippen molar-refractivity contribution in [2.75, 3.05) is 5.32 Å². The second-order valence-corrected chi connectivity index (χ2v) is 6.63. The molecule has 0 spiro atoms. The lowest BCUT2D eigenvalue weighted by molar-refractivity contribution is -0.115. The minimum absolute atomic E-state index is 0.0860. The van der Waals surface area contributed by atoms with Crippen molar-refractivity contribution in [1.29, 1.82) is 0 Å². The van der Waals surface area contributed by atoms with Crippen molar-refractivity contribution in [1.82, 2.24) is 10.1 Å². The molecule has 0 radical (unpaired) electrons. The summed E-state index contributed by atoms with van der Waals surface area (Å²) in [5.41, 5.74) is 1.78. The smallest absolute Gasteiger partial charge is 0.239 e. The molecular formula is C13H17N3O2S2. The highest BCUT2D eigenvalue weighted by molar-refractivity contribution is 7.99. The van der Waals surface area contributed by atoms with Crippen LogP contribution in [0.25, 0.3) is 0 Å². The highest BCUT2D eigenvalue weighted by atomic mass is 32.2. The maximum atomic E-state index is 12.0. The second-order valence-electron chi connectivity index (χ2n) is 4.36. The monoisotopic (exact) mass is 311 g/mol. The number of rotatable bonds is 6. The van der Waals surface area contributed by atoms with E-state index in [1.165, 1.54) is 0 Å². The molecule has 0 fully saturated rings. The fourth-order valence-electron chi connectivity index (χ4n) is 1.51. The fraction of sp³-hybridized carbons (Fsp3) is 0.462. The molecule has 0 unspecified atom stereocenters. The summed E-state index contributed by atoms with van der Waals surface area (Å²) in [5, 5.41) is 9.45. The van der Waals surface area contributed by atoms with Gasteiger partial charge in [0.25, 0.3) is 0 Å². The lowest BCUT2D eigenvalue weighted by atomic mass is 10.4. The van der Waals surface area contributed by atoms with Gasteiger partial charge in [-0.05, 0) is 20.3 Å². The first-order valence-electron chi connectivity index (χ1n) is 6.37. The number of thiazole rings is 1. The van der Waals surface area contributed by atoms with Crippen molar-refractivity contribution >= 4 is 34.9 Å². The van der Waals surface area contributed by atoms with Crippen molar-refractivity contribution in [3.8, 4) is 0 Å². The third-order valence-electron chi connectivity index (χ3n) is 2.63. The van der Waals surface area contributed by atoms with Crippen LogP contribution in [0, 0.1) is 6.92 Å². The minimum Gasteiger partial charge on any atom is -0.338 e. The molecule has 2 aromatic heterocycles. The predicted octanol–water partition coefficient (Wildman–Crippen LogP) is 3.26. The first-order valence-corrected chi connectivity index (χ1v) is 8.30. The number of nitrogens with one attached hydrogen (secondary N) is 1. The molecule has 0 bridgehead atoms. The predicted molar refractivity (Wildman–Crippen MR) is 82.1 cm³/mol. The average molecular weight is 311 g/mol. The highest BCUT2D eigenvalue weighted by Crippen LogP contribution is 2.21. The Kier molecular flexibility index (Phi) is 5.19. The van der Waals surface area contributed by atoms with Crippen LogP contribution in [-0.4, -0.2) is 21.3 Å². The van der Waals surface area contributed by atoms with Crippen molar-refractivity contribution in [3.05, 3.63) is 27.8 Å². The number of carbonyl (C=O) groups excluding carboxylic acids is 1. The summed E-state index contributed by atoms with van der Waals surface area (Å²) in [6.45, 7) is 5.77. The van der Waals surface area contributed by atoms with Crippen LogP contribution in [0.3, 0.4) is 0 Å². The van der Waals surface area contributed by atoms with Gasteiger partial charge in [0.15, 0.2) is 0 Å². The Morgan fingerprint density at radius 2 is 2.40 bits per heavy atom. The molecule has 0 saturated carbocycles. The Balaban J connectivity index is 1.81. The molecule has 2 aromatic rings. The summed E-state index contributed by atoms with van der Waals surface area (Å²) in [6, 6.07) is 1.70. The van der Waals surface area contributed by atoms with Crippen LogP contribution in [-0.2, 0) is 17.0 Å². The van der Waals surface area contributed by atoms with E-state index in [4.69, 9.17) is 4.52 Å². The van der Waals surface area contributed by atoms with Gasteiger partial charge in [-0.2, -0.15) is 0 Å². The molecule has 0 aliphatic carbocycles. The maximum absolute atomic E-state index is 12.0. The largest absolute Gasteiger partial charge is 0.338 e. The number of aryl methyl sites for hydroxylation is 2. The summed E-state index contributed by atoms with van der Waals surface area (Å²) in [5.74, 6) is 1.04. The van der Waals surface area contributed by atoms with Crippen molar-refractivity contribution < 1.29 is 9.32 Å². The molecular weight excluding hydrogens is 294 g/mol. The number of amides is 1. The maximum Gasteiger partial charge on any atom is 0.239 e. The summed E-state index contributed by atoms with van der Waals surface area (Å²) in [7, 11) is 0. The zero-order valence-corrected chi connectivity index (χ0v) is 13.3. The summed E-state index contributed by atoms with van der Waals surface area (Å²) < 4.78 is 4.96. The van der Waals surface area contributed by atoms with Gasteiger partial charge in [-0.15, -0.1) is 23.1 Å². The van der Waals surface area contributed by atoms with Crippen molar-refractivity contribution in [3.63, 3.8) is 0 Å². The fourth-order valence-corrected chi connectivity index (χ4v) is 3.14. The van der Waals surface area contributed by atoms with Gasteiger partial charge in [0.2, 0.25) is 11.8 Å². The molecule has 1 N–H and O–H groups in total. The van der Waals surface area contributed by atoms with Gasteiger partial charge in [-0.25, -0.2) is 4.98 Å². The average Bonchev–Trinajstić information content (AvgIpc) is 3.04. The number of thioether (sulfide) groups is 1. The number of hydrogen-bond acceptors (Lipinski definition) is 6. The van der Waals surface area contributed by atoms with Gasteiger partial charge >= 0.3 is 0 Å². The SMILES string of the molecule is CCc1nc(CS[C@@H](C)C(=O)Nc2cc(C)no2)cs1. The molecule has 20 heavy (non-hydrogen) atoms. The molecule has 2 heterocycles. The molecule has 0 saturated heterocycles. The molecule has 0 aliphatic rings. The van der Waals surface area contributed by atoms with Crippen LogP contribution in [0.2, 0.25) is 0 Å². The Labute approximate surface area is 126 Å². The number of anilines is 1. The van der Waals surface area contributed by atoms with E-state index >= 15 is 0 Å². The summed E-state index contributed by atoms with van der Waals surface area (Å²) in [6.07, 6.45) is 0.955. The summed E-state index contributed by atoms with van der Waals surface area (Å²) in [4.78, 5) is 16.5. The zero-order valence-electron chi connectivity index (χ0n) is 11.7. The first kappa shape index (κ1) is 15.1. The number of aromatic nitrogens is 2. The topological polar surface area (TPSA) is 68.0 Å². The number of nitrogens with zero attached hydrogens (tertiary/aromatic N) is 2. The first-order chi connectivity index (χ1) is 9.58. The lowest BCUT2D eigenvalue weighted by Crippen LogP contribution is -2.22. The summed E-state index contributed by atoms with van der Waals surface area (Å²) >= 11 is 3.22. The normalized spacial score (nSPS) is 12.3. The van der Waals surface area contributed by atoms with E-state index in [0.717, 1.165) is 28.6 Å². The molecule has 2 rings (SSSR count).